The molecule has 0 bridgehead atoms. The third kappa shape index (κ3) is 4.24. The van der Waals surface area contributed by atoms with Gasteiger partial charge in [0.2, 0.25) is 0 Å². The summed E-state index contributed by atoms with van der Waals surface area (Å²) in [5.41, 5.74) is 3.59. The van der Waals surface area contributed by atoms with E-state index in [1.54, 1.807) is 29.7 Å². The lowest BCUT2D eigenvalue weighted by Crippen LogP contribution is -2.23. The van der Waals surface area contributed by atoms with Crippen LogP contribution >= 0.6 is 22.9 Å². The van der Waals surface area contributed by atoms with Crippen LogP contribution in [0.1, 0.15) is 41.4 Å². The third-order valence-electron chi connectivity index (χ3n) is 3.77. The van der Waals surface area contributed by atoms with Crippen molar-refractivity contribution < 1.29 is 4.79 Å². The largest absolute Gasteiger partial charge is 0.348 e. The Hall–Kier alpha value is -2.24. The molecule has 128 valence electrons. The second-order valence-corrected chi connectivity index (χ2v) is 7.17. The van der Waals surface area contributed by atoms with Gasteiger partial charge in [-0.1, -0.05) is 49.7 Å². The molecular weight excluding hydrogens is 354 g/mol. The minimum atomic E-state index is -0.233. The molecule has 0 aliphatic heterocycles. The second kappa shape index (κ2) is 7.76. The average Bonchev–Trinajstić information content (AvgIpc) is 3.11. The number of carbonyl (C=O) groups excluding carboxylic acids is 1. The van der Waals surface area contributed by atoms with Crippen LogP contribution in [0.2, 0.25) is 5.15 Å². The van der Waals surface area contributed by atoms with Crippen molar-refractivity contribution in [2.75, 3.05) is 0 Å². The maximum atomic E-state index is 12.1. The number of thiazole rings is 1. The first-order chi connectivity index (χ1) is 12.0. The van der Waals surface area contributed by atoms with E-state index in [0.29, 0.717) is 18.0 Å². The molecule has 0 aliphatic carbocycles. The van der Waals surface area contributed by atoms with E-state index in [0.717, 1.165) is 21.8 Å². The summed E-state index contributed by atoms with van der Waals surface area (Å²) in [5, 5.41) is 6.18. The van der Waals surface area contributed by atoms with Gasteiger partial charge in [-0.05, 0) is 23.6 Å². The van der Waals surface area contributed by atoms with Crippen LogP contribution < -0.4 is 5.32 Å². The minimum absolute atomic E-state index is 0.208. The van der Waals surface area contributed by atoms with Crippen molar-refractivity contribution in [1.82, 2.24) is 15.3 Å². The number of nitrogens with one attached hydrogen (secondary N) is 1. The summed E-state index contributed by atoms with van der Waals surface area (Å²) < 4.78 is 0. The molecule has 2 aromatic heterocycles. The van der Waals surface area contributed by atoms with Crippen molar-refractivity contribution in [2.45, 2.75) is 26.3 Å². The van der Waals surface area contributed by atoms with E-state index in [-0.39, 0.29) is 11.1 Å². The monoisotopic (exact) mass is 371 g/mol. The normalized spacial score (nSPS) is 10.9. The summed E-state index contributed by atoms with van der Waals surface area (Å²) in [5.74, 6) is 0.197. The number of hydrogen-bond donors (Lipinski definition) is 1. The Morgan fingerprint density at radius 1 is 1.24 bits per heavy atom. The molecule has 0 radical (unpaired) electrons. The lowest BCUT2D eigenvalue weighted by molar-refractivity contribution is 0.0950. The van der Waals surface area contributed by atoms with E-state index in [2.05, 4.69) is 34.5 Å². The van der Waals surface area contributed by atoms with Gasteiger partial charge in [-0.15, -0.1) is 11.3 Å². The van der Waals surface area contributed by atoms with Gasteiger partial charge in [-0.2, -0.15) is 0 Å². The maximum absolute atomic E-state index is 12.1. The molecule has 0 fully saturated rings. The first-order valence-corrected chi connectivity index (χ1v) is 9.24. The van der Waals surface area contributed by atoms with E-state index in [1.165, 1.54) is 0 Å². The summed E-state index contributed by atoms with van der Waals surface area (Å²) in [6.45, 7) is 4.71. The summed E-state index contributed by atoms with van der Waals surface area (Å²) >= 11 is 7.59. The number of halogens is 1. The van der Waals surface area contributed by atoms with Crippen LogP contribution in [0, 0.1) is 0 Å². The fourth-order valence-corrected chi connectivity index (χ4v) is 3.47. The lowest BCUT2D eigenvalue weighted by atomic mass is 10.1. The Labute approximate surface area is 155 Å². The first kappa shape index (κ1) is 17.6. The molecule has 0 spiro atoms. The van der Waals surface area contributed by atoms with Gasteiger partial charge in [0.25, 0.3) is 5.91 Å². The SMILES string of the molecule is CC(C)c1csc(-c2ccc(CNC(=O)c3cccnc3Cl)cc2)n1. The number of pyridine rings is 1. The molecule has 1 N–H and O–H groups in total. The van der Waals surface area contributed by atoms with Crippen molar-refractivity contribution in [3.05, 3.63) is 69.9 Å². The molecular formula is C19H18ClN3OS. The molecule has 0 atom stereocenters. The minimum Gasteiger partial charge on any atom is -0.348 e. The predicted molar refractivity (Wildman–Crippen MR) is 102 cm³/mol. The van der Waals surface area contributed by atoms with Crippen molar-refractivity contribution in [3.8, 4) is 10.6 Å². The Balaban J connectivity index is 1.64. The van der Waals surface area contributed by atoms with Gasteiger partial charge in [0.05, 0.1) is 11.3 Å². The Kier molecular flexibility index (Phi) is 5.46. The van der Waals surface area contributed by atoms with E-state index in [1.807, 2.05) is 24.3 Å². The topological polar surface area (TPSA) is 54.9 Å². The molecule has 0 aliphatic rings. The first-order valence-electron chi connectivity index (χ1n) is 7.98. The molecule has 1 aromatic carbocycles. The number of nitrogens with zero attached hydrogens (tertiary/aromatic N) is 2. The van der Waals surface area contributed by atoms with Crippen molar-refractivity contribution >= 4 is 28.8 Å². The predicted octanol–water partition coefficient (Wildman–Crippen LogP) is 4.91. The highest BCUT2D eigenvalue weighted by Gasteiger charge is 2.11. The molecule has 4 nitrogen and oxygen atoms in total. The third-order valence-corrected chi connectivity index (χ3v) is 4.98. The zero-order chi connectivity index (χ0) is 17.8. The van der Waals surface area contributed by atoms with Crippen LogP contribution in [0.5, 0.6) is 0 Å². The zero-order valence-corrected chi connectivity index (χ0v) is 15.6. The summed E-state index contributed by atoms with van der Waals surface area (Å²) in [6, 6.07) is 11.4. The van der Waals surface area contributed by atoms with Gasteiger partial charge in [-0.3, -0.25) is 4.79 Å². The van der Waals surface area contributed by atoms with E-state index in [9.17, 15) is 4.79 Å². The smallest absolute Gasteiger partial charge is 0.254 e. The maximum Gasteiger partial charge on any atom is 0.254 e. The molecule has 1 amide bonds. The highest BCUT2D eigenvalue weighted by Crippen LogP contribution is 2.27. The number of hydrogen-bond acceptors (Lipinski definition) is 4. The molecule has 2 heterocycles. The van der Waals surface area contributed by atoms with Gasteiger partial charge in [0.15, 0.2) is 0 Å². The number of amides is 1. The van der Waals surface area contributed by atoms with Gasteiger partial charge < -0.3 is 5.32 Å². The Bertz CT molecular complexity index is 874. The zero-order valence-electron chi connectivity index (χ0n) is 14.0. The number of aromatic nitrogens is 2. The number of rotatable bonds is 5. The van der Waals surface area contributed by atoms with Gasteiger partial charge in [0.1, 0.15) is 10.2 Å². The van der Waals surface area contributed by atoms with Crippen LogP contribution in [0.15, 0.2) is 48.0 Å². The van der Waals surface area contributed by atoms with Crippen LogP contribution in [0.3, 0.4) is 0 Å². The van der Waals surface area contributed by atoms with E-state index < -0.39 is 0 Å². The highest BCUT2D eigenvalue weighted by molar-refractivity contribution is 7.13. The van der Waals surface area contributed by atoms with Gasteiger partial charge in [-0.25, -0.2) is 9.97 Å². The second-order valence-electron chi connectivity index (χ2n) is 5.95. The number of carbonyl (C=O) groups is 1. The van der Waals surface area contributed by atoms with Crippen molar-refractivity contribution in [2.24, 2.45) is 0 Å². The van der Waals surface area contributed by atoms with Crippen LogP contribution in [0.25, 0.3) is 10.6 Å². The van der Waals surface area contributed by atoms with Gasteiger partial charge >= 0.3 is 0 Å². The van der Waals surface area contributed by atoms with Gasteiger partial charge in [0, 0.05) is 23.7 Å². The fourth-order valence-electron chi connectivity index (χ4n) is 2.28. The standard InChI is InChI=1S/C19H18ClN3OS/c1-12(2)16-11-25-19(23-16)14-7-5-13(6-8-14)10-22-18(24)15-4-3-9-21-17(15)20/h3-9,11-12H,10H2,1-2H3,(H,22,24). The van der Waals surface area contributed by atoms with Crippen LogP contribution in [0.4, 0.5) is 0 Å². The molecule has 0 unspecified atom stereocenters. The Morgan fingerprint density at radius 3 is 2.64 bits per heavy atom. The lowest BCUT2D eigenvalue weighted by Gasteiger charge is -2.07. The molecule has 3 aromatic rings. The van der Waals surface area contributed by atoms with Crippen molar-refractivity contribution in [1.29, 1.82) is 0 Å². The molecule has 6 heteroatoms. The van der Waals surface area contributed by atoms with E-state index in [4.69, 9.17) is 11.6 Å². The molecule has 0 saturated heterocycles. The van der Waals surface area contributed by atoms with E-state index >= 15 is 0 Å². The summed E-state index contributed by atoms with van der Waals surface area (Å²) in [6.07, 6.45) is 1.56. The summed E-state index contributed by atoms with van der Waals surface area (Å²) in [7, 11) is 0. The molecule has 3 rings (SSSR count). The fraction of sp³-hybridized carbons (Fsp3) is 0.211. The number of benzene rings is 1. The van der Waals surface area contributed by atoms with Crippen LogP contribution in [-0.2, 0) is 6.54 Å². The molecule has 0 saturated carbocycles. The average molecular weight is 372 g/mol. The summed E-state index contributed by atoms with van der Waals surface area (Å²) in [4.78, 5) is 20.7. The highest BCUT2D eigenvalue weighted by atomic mass is 35.5. The Morgan fingerprint density at radius 2 is 2.00 bits per heavy atom. The quantitative estimate of drug-likeness (QED) is 0.648. The molecule has 25 heavy (non-hydrogen) atoms. The van der Waals surface area contributed by atoms with Crippen molar-refractivity contribution in [3.63, 3.8) is 0 Å². The van der Waals surface area contributed by atoms with Crippen LogP contribution in [-0.4, -0.2) is 15.9 Å².